The van der Waals surface area contributed by atoms with Crippen molar-refractivity contribution in [1.82, 2.24) is 15.3 Å². The van der Waals surface area contributed by atoms with Gasteiger partial charge in [-0.05, 0) is 30.7 Å². The van der Waals surface area contributed by atoms with Gasteiger partial charge in [0.2, 0.25) is 5.91 Å². The van der Waals surface area contributed by atoms with Crippen LogP contribution in [0.2, 0.25) is 5.02 Å². The van der Waals surface area contributed by atoms with Crippen molar-refractivity contribution in [2.75, 3.05) is 0 Å². The van der Waals surface area contributed by atoms with E-state index in [1.165, 1.54) is 6.33 Å². The van der Waals surface area contributed by atoms with Crippen LogP contribution < -0.4 is 5.32 Å². The Hall–Kier alpha value is -1.94. The van der Waals surface area contributed by atoms with Crippen molar-refractivity contribution in [2.24, 2.45) is 0 Å². The Balaban J connectivity index is 1.86. The molecule has 0 aliphatic carbocycles. The molecule has 0 saturated heterocycles. The Morgan fingerprint density at radius 2 is 2.00 bits per heavy atom. The summed E-state index contributed by atoms with van der Waals surface area (Å²) in [6, 6.07) is 9.09. The fourth-order valence-electron chi connectivity index (χ4n) is 1.65. The minimum atomic E-state index is -0.0430. The standard InChI is InChI=1S/C14H14ClN3O/c1-10-6-13(18-9-17-10)8-16-14(19)7-11-2-4-12(15)5-3-11/h2-6,9H,7-8H2,1H3,(H,16,19). The lowest BCUT2D eigenvalue weighted by molar-refractivity contribution is -0.120. The second kappa shape index (κ2) is 6.29. The molecule has 1 N–H and O–H groups in total. The summed E-state index contributed by atoms with van der Waals surface area (Å²) in [5.41, 5.74) is 2.62. The van der Waals surface area contributed by atoms with E-state index < -0.39 is 0 Å². The number of hydrogen-bond donors (Lipinski definition) is 1. The average molecular weight is 276 g/mol. The highest BCUT2D eigenvalue weighted by Gasteiger charge is 2.04. The van der Waals surface area contributed by atoms with Crippen LogP contribution in [0.5, 0.6) is 0 Å². The lowest BCUT2D eigenvalue weighted by Crippen LogP contribution is -2.25. The SMILES string of the molecule is Cc1cc(CNC(=O)Cc2ccc(Cl)cc2)ncn1. The molecule has 0 saturated carbocycles. The number of hydrogen-bond acceptors (Lipinski definition) is 3. The Morgan fingerprint density at radius 1 is 1.26 bits per heavy atom. The van der Waals surface area contributed by atoms with Crippen molar-refractivity contribution in [3.05, 3.63) is 58.6 Å². The zero-order valence-electron chi connectivity index (χ0n) is 10.6. The van der Waals surface area contributed by atoms with E-state index in [1.54, 1.807) is 12.1 Å². The van der Waals surface area contributed by atoms with Crippen LogP contribution in [0.1, 0.15) is 17.0 Å². The van der Waals surface area contributed by atoms with Crippen LogP contribution in [-0.4, -0.2) is 15.9 Å². The van der Waals surface area contributed by atoms with E-state index in [0.717, 1.165) is 17.0 Å². The van der Waals surface area contributed by atoms with Gasteiger partial charge in [-0.2, -0.15) is 0 Å². The Labute approximate surface area is 116 Å². The third kappa shape index (κ3) is 4.34. The molecule has 2 aromatic rings. The number of halogens is 1. The summed E-state index contributed by atoms with van der Waals surface area (Å²) in [5, 5.41) is 3.49. The van der Waals surface area contributed by atoms with Crippen molar-refractivity contribution in [1.29, 1.82) is 0 Å². The molecule has 2 rings (SSSR count). The molecular weight excluding hydrogens is 262 g/mol. The summed E-state index contributed by atoms with van der Waals surface area (Å²) >= 11 is 5.79. The predicted molar refractivity (Wildman–Crippen MR) is 73.8 cm³/mol. The van der Waals surface area contributed by atoms with Crippen molar-refractivity contribution in [2.45, 2.75) is 19.9 Å². The summed E-state index contributed by atoms with van der Waals surface area (Å²) in [6.45, 7) is 2.30. The van der Waals surface area contributed by atoms with Gasteiger partial charge in [-0.3, -0.25) is 4.79 Å². The smallest absolute Gasteiger partial charge is 0.224 e. The first-order valence-electron chi connectivity index (χ1n) is 5.92. The Bertz CT molecular complexity index is 569. The lowest BCUT2D eigenvalue weighted by Gasteiger charge is -2.05. The number of amides is 1. The molecule has 98 valence electrons. The third-order valence-corrected chi connectivity index (χ3v) is 2.86. The van der Waals surface area contributed by atoms with Crippen LogP contribution in [-0.2, 0) is 17.8 Å². The van der Waals surface area contributed by atoms with Gasteiger partial charge in [0.15, 0.2) is 0 Å². The van der Waals surface area contributed by atoms with Crippen LogP contribution in [0.15, 0.2) is 36.7 Å². The van der Waals surface area contributed by atoms with Gasteiger partial charge in [0, 0.05) is 10.7 Å². The maximum Gasteiger partial charge on any atom is 0.224 e. The summed E-state index contributed by atoms with van der Waals surface area (Å²) in [5.74, 6) is -0.0430. The van der Waals surface area contributed by atoms with Gasteiger partial charge in [0.1, 0.15) is 6.33 Å². The molecule has 0 spiro atoms. The van der Waals surface area contributed by atoms with Gasteiger partial charge in [-0.1, -0.05) is 23.7 Å². The van der Waals surface area contributed by atoms with E-state index in [1.807, 2.05) is 25.1 Å². The van der Waals surface area contributed by atoms with Gasteiger partial charge in [-0.25, -0.2) is 9.97 Å². The van der Waals surface area contributed by atoms with Crippen LogP contribution >= 0.6 is 11.6 Å². The van der Waals surface area contributed by atoms with Gasteiger partial charge in [-0.15, -0.1) is 0 Å². The number of rotatable bonds is 4. The third-order valence-electron chi connectivity index (χ3n) is 2.61. The van der Waals surface area contributed by atoms with Gasteiger partial charge in [0.05, 0.1) is 18.7 Å². The number of aromatic nitrogens is 2. The van der Waals surface area contributed by atoms with Gasteiger partial charge >= 0.3 is 0 Å². The fourth-order valence-corrected chi connectivity index (χ4v) is 1.77. The minimum absolute atomic E-state index is 0.0430. The maximum absolute atomic E-state index is 11.8. The first-order valence-corrected chi connectivity index (χ1v) is 6.30. The topological polar surface area (TPSA) is 54.9 Å². The van der Waals surface area contributed by atoms with E-state index in [9.17, 15) is 4.79 Å². The van der Waals surface area contributed by atoms with Crippen molar-refractivity contribution >= 4 is 17.5 Å². The van der Waals surface area contributed by atoms with Crippen LogP contribution in [0, 0.1) is 6.92 Å². The molecule has 0 radical (unpaired) electrons. The monoisotopic (exact) mass is 275 g/mol. The Morgan fingerprint density at radius 3 is 2.68 bits per heavy atom. The maximum atomic E-state index is 11.8. The fraction of sp³-hybridized carbons (Fsp3) is 0.214. The van der Waals surface area contributed by atoms with E-state index in [4.69, 9.17) is 11.6 Å². The van der Waals surface area contributed by atoms with Crippen molar-refractivity contribution in [3.63, 3.8) is 0 Å². The lowest BCUT2D eigenvalue weighted by atomic mass is 10.1. The van der Waals surface area contributed by atoms with Crippen LogP contribution in [0.3, 0.4) is 0 Å². The first kappa shape index (κ1) is 13.5. The number of nitrogens with zero attached hydrogens (tertiary/aromatic N) is 2. The zero-order valence-corrected chi connectivity index (χ0v) is 11.3. The molecule has 0 aliphatic rings. The molecule has 19 heavy (non-hydrogen) atoms. The number of aryl methyl sites for hydroxylation is 1. The van der Waals surface area contributed by atoms with E-state index in [2.05, 4.69) is 15.3 Å². The molecule has 5 heteroatoms. The number of carbonyl (C=O) groups is 1. The van der Waals surface area contributed by atoms with E-state index >= 15 is 0 Å². The highest BCUT2D eigenvalue weighted by Crippen LogP contribution is 2.09. The van der Waals surface area contributed by atoms with Crippen molar-refractivity contribution < 1.29 is 4.79 Å². The highest BCUT2D eigenvalue weighted by atomic mass is 35.5. The quantitative estimate of drug-likeness (QED) is 0.931. The van der Waals surface area contributed by atoms with Crippen LogP contribution in [0.25, 0.3) is 0 Å². The molecule has 1 aromatic carbocycles. The molecule has 1 amide bonds. The minimum Gasteiger partial charge on any atom is -0.350 e. The Kier molecular flexibility index (Phi) is 4.47. The molecule has 0 atom stereocenters. The largest absolute Gasteiger partial charge is 0.350 e. The molecule has 4 nitrogen and oxygen atoms in total. The summed E-state index contributed by atoms with van der Waals surface area (Å²) in [4.78, 5) is 19.9. The van der Waals surface area contributed by atoms with E-state index in [0.29, 0.717) is 18.0 Å². The average Bonchev–Trinajstić information content (AvgIpc) is 2.39. The van der Waals surface area contributed by atoms with Gasteiger partial charge in [0.25, 0.3) is 0 Å². The molecule has 0 aliphatic heterocycles. The predicted octanol–water partition coefficient (Wildman–Crippen LogP) is 2.30. The summed E-state index contributed by atoms with van der Waals surface area (Å²) in [6.07, 6.45) is 1.83. The van der Waals surface area contributed by atoms with Gasteiger partial charge < -0.3 is 5.32 Å². The molecule has 1 heterocycles. The normalized spacial score (nSPS) is 10.2. The molecule has 0 fully saturated rings. The number of benzene rings is 1. The number of carbonyl (C=O) groups excluding carboxylic acids is 1. The van der Waals surface area contributed by atoms with Crippen molar-refractivity contribution in [3.8, 4) is 0 Å². The summed E-state index contributed by atoms with van der Waals surface area (Å²) < 4.78 is 0. The second-order valence-electron chi connectivity index (χ2n) is 4.23. The second-order valence-corrected chi connectivity index (χ2v) is 4.67. The summed E-state index contributed by atoms with van der Waals surface area (Å²) in [7, 11) is 0. The molecule has 0 bridgehead atoms. The zero-order chi connectivity index (χ0) is 13.7. The highest BCUT2D eigenvalue weighted by molar-refractivity contribution is 6.30. The first-order chi connectivity index (χ1) is 9.13. The van der Waals surface area contributed by atoms with Crippen LogP contribution in [0.4, 0.5) is 0 Å². The van der Waals surface area contributed by atoms with E-state index in [-0.39, 0.29) is 5.91 Å². The molecular formula is C14H14ClN3O. The number of nitrogens with one attached hydrogen (secondary N) is 1. The molecule has 0 unspecified atom stereocenters. The molecule has 1 aromatic heterocycles.